The van der Waals surface area contributed by atoms with Crippen LogP contribution in [0, 0.1) is 17.7 Å². The minimum Gasteiger partial charge on any atom is -0.481 e. The molecule has 8 nitrogen and oxygen atoms in total. The van der Waals surface area contributed by atoms with E-state index in [9.17, 15) is 14.4 Å². The molecule has 2 amide bonds. The molecule has 2 aromatic rings. The van der Waals surface area contributed by atoms with E-state index in [-0.39, 0.29) is 35.4 Å². The third-order valence-corrected chi connectivity index (χ3v) is 8.10. The number of benzene rings is 1. The first-order chi connectivity index (χ1) is 17.6. The quantitative estimate of drug-likeness (QED) is 0.609. The van der Waals surface area contributed by atoms with Crippen LogP contribution in [-0.2, 0) is 32.6 Å². The van der Waals surface area contributed by atoms with Gasteiger partial charge in [0.25, 0.3) is 5.91 Å². The highest BCUT2D eigenvalue weighted by Crippen LogP contribution is 2.43. The summed E-state index contributed by atoms with van der Waals surface area (Å²) in [5, 5.41) is 11.9. The molecule has 0 bridgehead atoms. The molecule has 1 aromatic carbocycles. The zero-order valence-corrected chi connectivity index (χ0v) is 21.3. The van der Waals surface area contributed by atoms with E-state index in [0.717, 1.165) is 18.4 Å². The number of carboxylic acids is 1. The summed E-state index contributed by atoms with van der Waals surface area (Å²) < 4.78 is 20.3. The maximum atomic E-state index is 15.1. The van der Waals surface area contributed by atoms with Gasteiger partial charge in [0.15, 0.2) is 0 Å². The number of halogens is 1. The van der Waals surface area contributed by atoms with E-state index in [1.165, 1.54) is 13.2 Å². The molecule has 0 spiro atoms. The molecule has 1 saturated carbocycles. The number of ether oxygens (including phenoxy) is 1. The van der Waals surface area contributed by atoms with Crippen molar-refractivity contribution in [2.24, 2.45) is 11.8 Å². The van der Waals surface area contributed by atoms with Gasteiger partial charge < -0.3 is 20.1 Å². The van der Waals surface area contributed by atoms with E-state index in [1.54, 1.807) is 17.0 Å². The Labute approximate surface area is 215 Å². The molecule has 2 N–H and O–H groups in total. The summed E-state index contributed by atoms with van der Waals surface area (Å²) in [6.45, 7) is 4.34. The highest BCUT2D eigenvalue weighted by atomic mass is 19.1. The first-order valence-corrected chi connectivity index (χ1v) is 12.8. The molecule has 0 unspecified atom stereocenters. The second-order valence-corrected chi connectivity index (χ2v) is 11.1. The van der Waals surface area contributed by atoms with E-state index in [2.05, 4.69) is 10.3 Å². The van der Waals surface area contributed by atoms with Gasteiger partial charge in [0.1, 0.15) is 11.9 Å². The minimum absolute atomic E-state index is 0.0274. The van der Waals surface area contributed by atoms with Crippen molar-refractivity contribution < 1.29 is 28.6 Å². The van der Waals surface area contributed by atoms with Crippen molar-refractivity contribution in [2.45, 2.75) is 63.8 Å². The van der Waals surface area contributed by atoms with Gasteiger partial charge >= 0.3 is 5.97 Å². The van der Waals surface area contributed by atoms with Crippen LogP contribution < -0.4 is 10.1 Å². The largest absolute Gasteiger partial charge is 0.481 e. The number of aromatic nitrogens is 1. The molecule has 196 valence electrons. The fourth-order valence-corrected chi connectivity index (χ4v) is 6.16. The van der Waals surface area contributed by atoms with Crippen LogP contribution in [0.5, 0.6) is 5.88 Å². The lowest BCUT2D eigenvalue weighted by Gasteiger charge is -2.42. The summed E-state index contributed by atoms with van der Waals surface area (Å²) in [6, 6.07) is 5.67. The lowest BCUT2D eigenvalue weighted by molar-refractivity contribution is -0.149. The van der Waals surface area contributed by atoms with Gasteiger partial charge in [-0.2, -0.15) is 0 Å². The third kappa shape index (κ3) is 4.67. The molecule has 1 atom stereocenters. The van der Waals surface area contributed by atoms with Crippen LogP contribution in [0.25, 0.3) is 0 Å². The topological polar surface area (TPSA) is 109 Å². The molecule has 0 saturated heterocycles. The van der Waals surface area contributed by atoms with Crippen LogP contribution in [0.2, 0.25) is 0 Å². The summed E-state index contributed by atoms with van der Waals surface area (Å²) in [5.41, 5.74) is 3.00. The van der Waals surface area contributed by atoms with Gasteiger partial charge in [-0.1, -0.05) is 13.8 Å². The maximum absolute atomic E-state index is 15.1. The zero-order chi connectivity index (χ0) is 26.5. The number of aliphatic carboxylic acids is 1. The zero-order valence-electron chi connectivity index (χ0n) is 21.3. The fraction of sp³-hybridized carbons (Fsp3) is 0.500. The molecule has 5 rings (SSSR count). The second kappa shape index (κ2) is 9.43. The predicted molar refractivity (Wildman–Crippen MR) is 134 cm³/mol. The van der Waals surface area contributed by atoms with Gasteiger partial charge in [-0.3, -0.25) is 14.4 Å². The number of fused-ring (bicyclic) bond motifs is 2. The van der Waals surface area contributed by atoms with Gasteiger partial charge in [0, 0.05) is 42.6 Å². The Morgan fingerprint density at radius 2 is 1.97 bits per heavy atom. The molecule has 1 aromatic heterocycles. The number of nitrogens with zero attached hydrogens (tertiary/aromatic N) is 2. The van der Waals surface area contributed by atoms with E-state index in [1.807, 2.05) is 19.9 Å². The average molecular weight is 510 g/mol. The Kier molecular flexibility index (Phi) is 6.41. The Hall–Kier alpha value is -3.49. The molecule has 2 aliphatic carbocycles. The van der Waals surface area contributed by atoms with Crippen molar-refractivity contribution in [3.05, 3.63) is 52.5 Å². The number of aryl methyl sites for hydroxylation is 1. The van der Waals surface area contributed by atoms with Crippen molar-refractivity contribution in [3.8, 4) is 5.88 Å². The summed E-state index contributed by atoms with van der Waals surface area (Å²) in [7, 11) is 1.52. The maximum Gasteiger partial charge on any atom is 0.303 e. The monoisotopic (exact) mass is 509 g/mol. The molecule has 0 radical (unpaired) electrons. The molecule has 3 aliphatic rings. The molecule has 1 aliphatic heterocycles. The molecular weight excluding hydrogens is 477 g/mol. The van der Waals surface area contributed by atoms with Crippen molar-refractivity contribution in [1.82, 2.24) is 9.88 Å². The summed E-state index contributed by atoms with van der Waals surface area (Å²) in [5.74, 6) is -1.71. The lowest BCUT2D eigenvalue weighted by Crippen LogP contribution is -2.50. The van der Waals surface area contributed by atoms with Crippen molar-refractivity contribution in [1.29, 1.82) is 0 Å². The van der Waals surface area contributed by atoms with Gasteiger partial charge in [-0.05, 0) is 66.3 Å². The van der Waals surface area contributed by atoms with Crippen molar-refractivity contribution in [3.63, 3.8) is 0 Å². The number of hydrogen-bond acceptors (Lipinski definition) is 5. The molecular formula is C28H32FN3O5. The van der Waals surface area contributed by atoms with Crippen LogP contribution in [0.15, 0.2) is 24.3 Å². The Morgan fingerprint density at radius 3 is 2.68 bits per heavy atom. The van der Waals surface area contributed by atoms with Crippen molar-refractivity contribution >= 4 is 23.5 Å². The number of rotatable bonds is 6. The number of anilines is 1. The summed E-state index contributed by atoms with van der Waals surface area (Å²) >= 11 is 0. The van der Waals surface area contributed by atoms with E-state index < -0.39 is 17.9 Å². The smallest absolute Gasteiger partial charge is 0.303 e. The second-order valence-electron chi connectivity index (χ2n) is 11.1. The number of nitrogens with one attached hydrogen (secondary N) is 1. The average Bonchev–Trinajstić information content (AvgIpc) is 3.13. The Balaban J connectivity index is 1.42. The van der Waals surface area contributed by atoms with Gasteiger partial charge in [-0.25, -0.2) is 9.37 Å². The van der Waals surface area contributed by atoms with Gasteiger partial charge in [0.05, 0.1) is 12.8 Å². The van der Waals surface area contributed by atoms with Crippen LogP contribution >= 0.6 is 0 Å². The number of amides is 2. The number of hydrogen-bond donors (Lipinski definition) is 2. The first kappa shape index (κ1) is 25.2. The van der Waals surface area contributed by atoms with Crippen LogP contribution in [-0.4, -0.2) is 46.4 Å². The Bertz CT molecular complexity index is 1270. The van der Waals surface area contributed by atoms with Crippen LogP contribution in [0.1, 0.15) is 68.0 Å². The highest BCUT2D eigenvalue weighted by molar-refractivity contribution is 5.99. The molecule has 37 heavy (non-hydrogen) atoms. The molecule has 9 heteroatoms. The molecule has 2 heterocycles. The lowest BCUT2D eigenvalue weighted by atomic mass is 9.72. The summed E-state index contributed by atoms with van der Waals surface area (Å²) in [4.78, 5) is 44.3. The SMILES string of the molecule is COc1ccc2c(n1)CCN(C(=O)[C@H]1C[C@@H](CC(=O)O)C1)[C@H]2C(=O)Nc1cc(F)c2c(c1)CCC2(C)C. The Morgan fingerprint density at radius 1 is 1.22 bits per heavy atom. The summed E-state index contributed by atoms with van der Waals surface area (Å²) in [6.07, 6.45) is 3.08. The van der Waals surface area contributed by atoms with E-state index >= 15 is 4.39 Å². The molecule has 1 fully saturated rings. The van der Waals surface area contributed by atoms with Crippen LogP contribution in [0.3, 0.4) is 0 Å². The highest BCUT2D eigenvalue weighted by Gasteiger charge is 2.44. The minimum atomic E-state index is -0.930. The van der Waals surface area contributed by atoms with Crippen molar-refractivity contribution in [2.75, 3.05) is 19.0 Å². The standard InChI is InChI=1S/C28H32FN3O5/c1-28(2)8-6-16-13-18(14-20(29)24(16)28)30-26(35)25-19-4-5-22(37-3)31-21(19)7-9-32(25)27(36)17-10-15(11-17)12-23(33)34/h4-5,13-15,17,25H,6-12H2,1-3H3,(H,30,35)(H,33,34)/t15-,17+,25-/m1/s1. The number of pyridine rings is 1. The first-order valence-electron chi connectivity index (χ1n) is 12.8. The normalized spacial score (nSPS) is 23.5. The van der Waals surface area contributed by atoms with E-state index in [0.29, 0.717) is 54.2 Å². The number of methoxy groups -OCH3 is 1. The number of carboxylic acid groups (broad SMARTS) is 1. The van der Waals surface area contributed by atoms with Gasteiger partial charge in [-0.15, -0.1) is 0 Å². The number of carbonyl (C=O) groups excluding carboxylic acids is 2. The third-order valence-electron chi connectivity index (χ3n) is 8.10. The van der Waals surface area contributed by atoms with Gasteiger partial charge in [0.2, 0.25) is 11.8 Å². The fourth-order valence-electron chi connectivity index (χ4n) is 6.16. The van der Waals surface area contributed by atoms with E-state index in [4.69, 9.17) is 9.84 Å². The predicted octanol–water partition coefficient (Wildman–Crippen LogP) is 4.02. The van der Waals surface area contributed by atoms with Crippen LogP contribution in [0.4, 0.5) is 10.1 Å². The number of carbonyl (C=O) groups is 3.